The largest absolute Gasteiger partial charge is 0.343 e. The second kappa shape index (κ2) is 8.20. The van der Waals surface area contributed by atoms with Crippen molar-refractivity contribution in [2.45, 2.75) is 25.8 Å². The number of hydrogen-bond donors (Lipinski definition) is 1. The summed E-state index contributed by atoms with van der Waals surface area (Å²) in [6.07, 6.45) is 4.19. The number of nitrogens with one attached hydrogen (secondary N) is 1. The summed E-state index contributed by atoms with van der Waals surface area (Å²) < 4.78 is 0. The first-order chi connectivity index (χ1) is 7.16. The molecule has 0 aromatic carbocycles. The van der Waals surface area contributed by atoms with Crippen molar-refractivity contribution < 1.29 is 4.79 Å². The Morgan fingerprint density at radius 2 is 2.31 bits per heavy atom. The van der Waals surface area contributed by atoms with Crippen molar-refractivity contribution >= 4 is 30.1 Å². The van der Waals surface area contributed by atoms with E-state index in [2.05, 4.69) is 18.5 Å². The van der Waals surface area contributed by atoms with Crippen LogP contribution in [0.15, 0.2) is 0 Å². The summed E-state index contributed by atoms with van der Waals surface area (Å²) in [7, 11) is 1.94. The van der Waals surface area contributed by atoms with Crippen LogP contribution in [0.5, 0.6) is 0 Å². The van der Waals surface area contributed by atoms with Gasteiger partial charge in [0.25, 0.3) is 0 Å². The Hall–Kier alpha value is 0.0700. The number of thioether (sulfide) groups is 1. The van der Waals surface area contributed by atoms with Gasteiger partial charge in [-0.1, -0.05) is 0 Å². The van der Waals surface area contributed by atoms with Crippen molar-refractivity contribution in [3.05, 3.63) is 0 Å². The second-order valence-electron chi connectivity index (χ2n) is 4.27. The van der Waals surface area contributed by atoms with Crippen LogP contribution in [0, 0.1) is 5.92 Å². The molecule has 1 amide bonds. The maximum atomic E-state index is 12.0. The molecule has 96 valence electrons. The quantitative estimate of drug-likeness (QED) is 0.821. The topological polar surface area (TPSA) is 32.3 Å². The van der Waals surface area contributed by atoms with Gasteiger partial charge in [-0.25, -0.2) is 0 Å². The molecule has 0 spiro atoms. The van der Waals surface area contributed by atoms with Gasteiger partial charge in [0.15, 0.2) is 0 Å². The molecule has 0 aromatic heterocycles. The molecule has 0 aliphatic carbocycles. The van der Waals surface area contributed by atoms with Gasteiger partial charge < -0.3 is 10.2 Å². The Kier molecular flexibility index (Phi) is 8.24. The minimum Gasteiger partial charge on any atom is -0.343 e. The molecule has 0 bridgehead atoms. The molecule has 1 fully saturated rings. The summed E-state index contributed by atoms with van der Waals surface area (Å²) in [5.74, 6) is 1.65. The predicted octanol–water partition coefficient (Wildman–Crippen LogP) is 1.62. The van der Waals surface area contributed by atoms with Crippen LogP contribution in [0.1, 0.15) is 19.8 Å². The molecule has 2 atom stereocenters. The fraction of sp³-hybridized carbons (Fsp3) is 0.909. The van der Waals surface area contributed by atoms with Gasteiger partial charge in [0.1, 0.15) is 0 Å². The van der Waals surface area contributed by atoms with E-state index in [0.29, 0.717) is 11.9 Å². The summed E-state index contributed by atoms with van der Waals surface area (Å²) in [5.41, 5.74) is 0. The third kappa shape index (κ3) is 4.52. The molecule has 5 heteroatoms. The third-order valence-electron chi connectivity index (χ3n) is 3.16. The van der Waals surface area contributed by atoms with Crippen molar-refractivity contribution in [3.8, 4) is 0 Å². The Balaban J connectivity index is 0.00000225. The Labute approximate surface area is 109 Å². The SMILES string of the molecule is CSCCC(C)N(C)C(=O)C1CCNC1.Cl. The van der Waals surface area contributed by atoms with E-state index >= 15 is 0 Å². The zero-order chi connectivity index (χ0) is 11.3. The summed E-state index contributed by atoms with van der Waals surface area (Å²) in [6.45, 7) is 3.98. The minimum atomic E-state index is 0. The summed E-state index contributed by atoms with van der Waals surface area (Å²) >= 11 is 1.84. The fourth-order valence-electron chi connectivity index (χ4n) is 1.85. The van der Waals surface area contributed by atoms with E-state index in [9.17, 15) is 4.79 Å². The van der Waals surface area contributed by atoms with Crippen LogP contribution < -0.4 is 5.32 Å². The van der Waals surface area contributed by atoms with Gasteiger partial charge in [0, 0.05) is 19.6 Å². The number of amides is 1. The molecule has 1 aliphatic heterocycles. The van der Waals surface area contributed by atoms with Gasteiger partial charge >= 0.3 is 0 Å². The number of rotatable bonds is 5. The van der Waals surface area contributed by atoms with E-state index in [1.807, 2.05) is 23.7 Å². The molecule has 1 N–H and O–H groups in total. The van der Waals surface area contributed by atoms with E-state index in [4.69, 9.17) is 0 Å². The molecule has 0 aromatic rings. The summed E-state index contributed by atoms with van der Waals surface area (Å²) in [4.78, 5) is 14.0. The first kappa shape index (κ1) is 16.1. The summed E-state index contributed by atoms with van der Waals surface area (Å²) in [5, 5.41) is 3.24. The Bertz CT molecular complexity index is 210. The molecule has 1 rings (SSSR count). The van der Waals surface area contributed by atoms with Crippen LogP contribution in [0.3, 0.4) is 0 Å². The summed E-state index contributed by atoms with van der Waals surface area (Å²) in [6, 6.07) is 0.366. The second-order valence-corrected chi connectivity index (χ2v) is 5.25. The van der Waals surface area contributed by atoms with Gasteiger partial charge in [-0.15, -0.1) is 12.4 Å². The standard InChI is InChI=1S/C11H22N2OS.ClH/c1-9(5-7-15-3)13(2)11(14)10-4-6-12-8-10;/h9-10,12H,4-8H2,1-3H3;1H. The van der Waals surface area contributed by atoms with Crippen LogP contribution in [-0.4, -0.2) is 49.0 Å². The molecule has 0 saturated carbocycles. The molecular weight excluding hydrogens is 244 g/mol. The van der Waals surface area contributed by atoms with Crippen molar-refractivity contribution in [1.82, 2.24) is 10.2 Å². The van der Waals surface area contributed by atoms with E-state index in [0.717, 1.165) is 31.7 Å². The first-order valence-electron chi connectivity index (χ1n) is 5.63. The number of nitrogens with zero attached hydrogens (tertiary/aromatic N) is 1. The molecule has 1 saturated heterocycles. The maximum absolute atomic E-state index is 12.0. The molecule has 2 unspecified atom stereocenters. The number of halogens is 1. The fourth-order valence-corrected chi connectivity index (χ4v) is 2.43. The van der Waals surface area contributed by atoms with Gasteiger partial charge in [0.2, 0.25) is 5.91 Å². The van der Waals surface area contributed by atoms with E-state index in [1.165, 1.54) is 0 Å². The zero-order valence-corrected chi connectivity index (χ0v) is 12.0. The van der Waals surface area contributed by atoms with Crippen LogP contribution in [-0.2, 0) is 4.79 Å². The lowest BCUT2D eigenvalue weighted by Crippen LogP contribution is -2.40. The maximum Gasteiger partial charge on any atom is 0.226 e. The van der Waals surface area contributed by atoms with E-state index < -0.39 is 0 Å². The lowest BCUT2D eigenvalue weighted by molar-refractivity contribution is -0.135. The van der Waals surface area contributed by atoms with Crippen molar-refractivity contribution in [1.29, 1.82) is 0 Å². The molecule has 1 aliphatic rings. The molecular formula is C11H23ClN2OS. The Morgan fingerprint density at radius 1 is 1.62 bits per heavy atom. The minimum absolute atomic E-state index is 0. The number of carbonyl (C=O) groups is 1. The molecule has 1 heterocycles. The van der Waals surface area contributed by atoms with E-state index in [1.54, 1.807) is 0 Å². The van der Waals surface area contributed by atoms with Gasteiger partial charge in [0.05, 0.1) is 5.92 Å². The monoisotopic (exact) mass is 266 g/mol. The van der Waals surface area contributed by atoms with Crippen molar-refractivity contribution in [2.75, 3.05) is 32.1 Å². The lowest BCUT2D eigenvalue weighted by atomic mass is 10.1. The van der Waals surface area contributed by atoms with Crippen molar-refractivity contribution in [3.63, 3.8) is 0 Å². The highest BCUT2D eigenvalue weighted by Gasteiger charge is 2.27. The smallest absolute Gasteiger partial charge is 0.226 e. The predicted molar refractivity (Wildman–Crippen MR) is 73.5 cm³/mol. The van der Waals surface area contributed by atoms with Gasteiger partial charge in [-0.05, 0) is 38.3 Å². The average Bonchev–Trinajstić information content (AvgIpc) is 2.77. The van der Waals surface area contributed by atoms with Crippen LogP contribution in [0.2, 0.25) is 0 Å². The molecule has 3 nitrogen and oxygen atoms in total. The lowest BCUT2D eigenvalue weighted by Gasteiger charge is -2.27. The molecule has 16 heavy (non-hydrogen) atoms. The molecule has 0 radical (unpaired) electrons. The normalized spacial score (nSPS) is 21.3. The average molecular weight is 267 g/mol. The Morgan fingerprint density at radius 3 is 2.81 bits per heavy atom. The first-order valence-corrected chi connectivity index (χ1v) is 7.02. The van der Waals surface area contributed by atoms with Crippen LogP contribution in [0.4, 0.5) is 0 Å². The van der Waals surface area contributed by atoms with Gasteiger partial charge in [-0.3, -0.25) is 4.79 Å². The highest BCUT2D eigenvalue weighted by molar-refractivity contribution is 7.98. The number of carbonyl (C=O) groups excluding carboxylic acids is 1. The van der Waals surface area contributed by atoms with Crippen molar-refractivity contribution in [2.24, 2.45) is 5.92 Å². The highest BCUT2D eigenvalue weighted by atomic mass is 35.5. The third-order valence-corrected chi connectivity index (χ3v) is 3.80. The number of hydrogen-bond acceptors (Lipinski definition) is 3. The van der Waals surface area contributed by atoms with Gasteiger partial charge in [-0.2, -0.15) is 11.8 Å². The van der Waals surface area contributed by atoms with E-state index in [-0.39, 0.29) is 18.3 Å². The highest BCUT2D eigenvalue weighted by Crippen LogP contribution is 2.14. The van der Waals surface area contributed by atoms with Crippen LogP contribution in [0.25, 0.3) is 0 Å². The van der Waals surface area contributed by atoms with Crippen LogP contribution >= 0.6 is 24.2 Å². The zero-order valence-electron chi connectivity index (χ0n) is 10.4.